The van der Waals surface area contributed by atoms with Crippen molar-refractivity contribution in [3.8, 4) is 0 Å². The van der Waals surface area contributed by atoms with Crippen LogP contribution in [0.3, 0.4) is 0 Å². The Morgan fingerprint density at radius 1 is 1.03 bits per heavy atom. The number of hydrogen-bond acceptors (Lipinski definition) is 5. The molecule has 36 heavy (non-hydrogen) atoms. The second-order valence-electron chi connectivity index (χ2n) is 9.66. The van der Waals surface area contributed by atoms with E-state index in [0.717, 1.165) is 33.5 Å². The molecule has 0 unspecified atom stereocenters. The Morgan fingerprint density at radius 2 is 1.72 bits per heavy atom. The minimum atomic E-state index is -3.91. The molecule has 2 heterocycles. The molecule has 0 radical (unpaired) electrons. The molecule has 1 aromatic heterocycles. The minimum Gasteiger partial charge on any atom is -0.355 e. The van der Waals surface area contributed by atoms with Crippen LogP contribution in [0.25, 0.3) is 12.2 Å². The van der Waals surface area contributed by atoms with Gasteiger partial charge in [0.05, 0.1) is 5.92 Å². The fourth-order valence-electron chi connectivity index (χ4n) is 4.51. The van der Waals surface area contributed by atoms with Crippen LogP contribution >= 0.6 is 0 Å². The maximum Gasteiger partial charge on any atom is 0.248 e. The van der Waals surface area contributed by atoms with E-state index in [0.29, 0.717) is 25.1 Å². The summed E-state index contributed by atoms with van der Waals surface area (Å²) >= 11 is 0. The van der Waals surface area contributed by atoms with Crippen LogP contribution in [0.2, 0.25) is 0 Å². The normalized spacial score (nSPS) is 17.0. The molecule has 4 rings (SSSR count). The summed E-state index contributed by atoms with van der Waals surface area (Å²) in [7, 11) is -3.91. The Bertz CT molecular complexity index is 1420. The number of carbonyl (C=O) groups is 1. The lowest BCUT2D eigenvalue weighted by Gasteiger charge is -2.31. The van der Waals surface area contributed by atoms with Crippen LogP contribution < -0.4 is 5.32 Å². The highest BCUT2D eigenvalue weighted by molar-refractivity contribution is 7.89. The fraction of sp³-hybridized carbons (Fsp3) is 0.357. The predicted molar refractivity (Wildman–Crippen MR) is 142 cm³/mol. The van der Waals surface area contributed by atoms with E-state index in [1.807, 2.05) is 70.2 Å². The smallest absolute Gasteiger partial charge is 0.248 e. The molecule has 1 atom stereocenters. The zero-order valence-corrected chi connectivity index (χ0v) is 22.3. The van der Waals surface area contributed by atoms with E-state index < -0.39 is 15.9 Å². The third kappa shape index (κ3) is 5.44. The van der Waals surface area contributed by atoms with Crippen LogP contribution in [-0.2, 0) is 14.8 Å². The van der Waals surface area contributed by atoms with Gasteiger partial charge in [-0.2, -0.15) is 4.31 Å². The van der Waals surface area contributed by atoms with Crippen molar-refractivity contribution in [3.63, 3.8) is 0 Å². The zero-order valence-electron chi connectivity index (χ0n) is 21.5. The molecule has 1 fully saturated rings. The number of rotatable bonds is 6. The second-order valence-corrected chi connectivity index (χ2v) is 11.5. The van der Waals surface area contributed by atoms with Crippen LogP contribution in [0.15, 0.2) is 45.8 Å². The largest absolute Gasteiger partial charge is 0.355 e. The molecular formula is C28H33N3O4S. The van der Waals surface area contributed by atoms with Crippen molar-refractivity contribution >= 4 is 33.8 Å². The topological polar surface area (TPSA) is 92.5 Å². The summed E-state index contributed by atoms with van der Waals surface area (Å²) in [6.07, 6.45) is 4.73. The van der Waals surface area contributed by atoms with Crippen molar-refractivity contribution in [2.45, 2.75) is 52.4 Å². The number of anilines is 1. The van der Waals surface area contributed by atoms with Crippen molar-refractivity contribution in [1.29, 1.82) is 0 Å². The number of piperidine rings is 1. The number of benzene rings is 2. The molecule has 1 N–H and O–H groups in total. The summed E-state index contributed by atoms with van der Waals surface area (Å²) < 4.78 is 34.2. The SMILES string of the molecule is Cc1ccc(C)c(/C=C/c2onc(C)c2S(=O)(=O)N2CCC[C@H](C(=O)Nc3cc(C)ccc3C)C2)c1. The quantitative estimate of drug-likeness (QED) is 0.481. The predicted octanol–water partition coefficient (Wildman–Crippen LogP) is 5.43. The third-order valence-electron chi connectivity index (χ3n) is 6.69. The van der Waals surface area contributed by atoms with Crippen molar-refractivity contribution < 1.29 is 17.7 Å². The molecule has 190 valence electrons. The standard InChI is InChI=1S/C28H33N3O4S/c1-18-8-10-20(3)23(15-18)12-13-26-27(22(5)30-35-26)36(33,34)31-14-6-7-24(17-31)28(32)29-25-16-19(2)9-11-21(25)4/h8-13,15-16,24H,6-7,14,17H2,1-5H3,(H,29,32)/b13-12+/t24-/m0/s1. The Morgan fingerprint density at radius 3 is 2.47 bits per heavy atom. The average Bonchev–Trinajstić information content (AvgIpc) is 3.23. The number of carbonyl (C=O) groups excluding carboxylic acids is 1. The molecule has 1 saturated heterocycles. The van der Waals surface area contributed by atoms with Crippen molar-refractivity contribution in [3.05, 3.63) is 75.7 Å². The van der Waals surface area contributed by atoms with Crippen molar-refractivity contribution in [1.82, 2.24) is 9.46 Å². The van der Waals surface area contributed by atoms with Gasteiger partial charge >= 0.3 is 0 Å². The molecule has 1 amide bonds. The van der Waals surface area contributed by atoms with Gasteiger partial charge in [0.2, 0.25) is 15.9 Å². The van der Waals surface area contributed by atoms with Crippen molar-refractivity contribution in [2.24, 2.45) is 5.92 Å². The molecule has 0 saturated carbocycles. The number of nitrogens with zero attached hydrogens (tertiary/aromatic N) is 2. The Balaban J connectivity index is 1.56. The lowest BCUT2D eigenvalue weighted by atomic mass is 9.98. The number of sulfonamides is 1. The van der Waals surface area contributed by atoms with E-state index >= 15 is 0 Å². The first-order valence-corrected chi connectivity index (χ1v) is 13.6. The third-order valence-corrected chi connectivity index (χ3v) is 8.71. The van der Waals surface area contributed by atoms with Gasteiger partial charge in [-0.15, -0.1) is 0 Å². The zero-order chi connectivity index (χ0) is 26.0. The van der Waals surface area contributed by atoms with Crippen LogP contribution in [-0.4, -0.2) is 36.9 Å². The first-order valence-electron chi connectivity index (χ1n) is 12.2. The van der Waals surface area contributed by atoms with Crippen molar-refractivity contribution in [2.75, 3.05) is 18.4 Å². The minimum absolute atomic E-state index is 0.0552. The van der Waals surface area contributed by atoms with Crippen LogP contribution in [0.1, 0.15) is 52.1 Å². The van der Waals surface area contributed by atoms with Gasteiger partial charge in [0.25, 0.3) is 0 Å². The van der Waals surface area contributed by atoms with Gasteiger partial charge < -0.3 is 9.84 Å². The second kappa shape index (κ2) is 10.4. The summed E-state index contributed by atoms with van der Waals surface area (Å²) in [5, 5.41) is 6.94. The highest BCUT2D eigenvalue weighted by atomic mass is 32.2. The van der Waals surface area contributed by atoms with E-state index in [9.17, 15) is 13.2 Å². The number of hydrogen-bond donors (Lipinski definition) is 1. The number of aryl methyl sites for hydroxylation is 5. The number of nitrogens with one attached hydrogen (secondary N) is 1. The molecule has 0 bridgehead atoms. The first-order chi connectivity index (χ1) is 17.1. The summed E-state index contributed by atoms with van der Waals surface area (Å²) in [6.45, 7) is 10.0. The van der Waals surface area contributed by atoms with E-state index in [4.69, 9.17) is 4.52 Å². The Hall–Kier alpha value is -3.23. The monoisotopic (exact) mass is 507 g/mol. The lowest BCUT2D eigenvalue weighted by Crippen LogP contribution is -2.44. The maximum absolute atomic E-state index is 13.7. The summed E-state index contributed by atoms with van der Waals surface area (Å²) in [5.41, 5.74) is 6.24. The molecule has 0 spiro atoms. The Labute approximate surface area is 213 Å². The van der Waals surface area contributed by atoms with Gasteiger partial charge in [-0.1, -0.05) is 47.1 Å². The number of aromatic nitrogens is 1. The highest BCUT2D eigenvalue weighted by Gasteiger charge is 2.37. The molecular weight excluding hydrogens is 474 g/mol. The summed E-state index contributed by atoms with van der Waals surface area (Å²) in [6, 6.07) is 12.0. The summed E-state index contributed by atoms with van der Waals surface area (Å²) in [5.74, 6) is -0.418. The maximum atomic E-state index is 13.7. The number of amides is 1. The van der Waals surface area contributed by atoms with Crippen LogP contribution in [0.4, 0.5) is 5.69 Å². The lowest BCUT2D eigenvalue weighted by molar-refractivity contribution is -0.120. The molecule has 8 heteroatoms. The van der Waals surface area contributed by atoms with E-state index in [2.05, 4.69) is 10.5 Å². The molecule has 1 aliphatic heterocycles. The molecule has 1 aliphatic rings. The average molecular weight is 508 g/mol. The summed E-state index contributed by atoms with van der Waals surface area (Å²) in [4.78, 5) is 13.1. The van der Waals surface area contributed by atoms with E-state index in [1.54, 1.807) is 13.0 Å². The molecule has 3 aromatic rings. The van der Waals surface area contributed by atoms with Crippen LogP contribution in [0, 0.1) is 40.5 Å². The van der Waals surface area contributed by atoms with E-state index in [1.165, 1.54) is 4.31 Å². The highest BCUT2D eigenvalue weighted by Crippen LogP contribution is 2.30. The van der Waals surface area contributed by atoms with Gasteiger partial charge in [0.15, 0.2) is 10.7 Å². The van der Waals surface area contributed by atoms with Gasteiger partial charge in [-0.05, 0) is 81.9 Å². The van der Waals surface area contributed by atoms with Crippen LogP contribution in [0.5, 0.6) is 0 Å². The Kier molecular flexibility index (Phi) is 7.47. The molecule has 0 aliphatic carbocycles. The fourth-order valence-corrected chi connectivity index (χ4v) is 6.29. The van der Waals surface area contributed by atoms with E-state index in [-0.39, 0.29) is 23.1 Å². The van der Waals surface area contributed by atoms with Gasteiger partial charge in [0, 0.05) is 18.8 Å². The molecule has 7 nitrogen and oxygen atoms in total. The van der Waals surface area contributed by atoms with Gasteiger partial charge in [-0.25, -0.2) is 8.42 Å². The molecule has 2 aromatic carbocycles. The van der Waals surface area contributed by atoms with Gasteiger partial charge in [-0.3, -0.25) is 4.79 Å². The van der Waals surface area contributed by atoms with Gasteiger partial charge in [0.1, 0.15) is 5.69 Å². The first kappa shape index (κ1) is 25.9.